The van der Waals surface area contributed by atoms with Gasteiger partial charge in [-0.3, -0.25) is 0 Å². The molecule has 0 heterocycles. The first-order valence-electron chi connectivity index (χ1n) is 8.70. The van der Waals surface area contributed by atoms with Crippen LogP contribution in [0.5, 0.6) is 0 Å². The zero-order valence-corrected chi connectivity index (χ0v) is 13.6. The molecule has 2 heteroatoms. The van der Waals surface area contributed by atoms with E-state index in [4.69, 9.17) is 0 Å². The van der Waals surface area contributed by atoms with Crippen LogP contribution in [0.3, 0.4) is 0 Å². The Bertz CT molecular complexity index is 393. The van der Waals surface area contributed by atoms with Gasteiger partial charge in [0, 0.05) is 6.04 Å². The van der Waals surface area contributed by atoms with Crippen molar-refractivity contribution in [2.24, 2.45) is 11.8 Å². The Balaban J connectivity index is 1.91. The second kappa shape index (κ2) is 8.53. The maximum absolute atomic E-state index is 13.0. The molecule has 1 atom stereocenters. The van der Waals surface area contributed by atoms with Crippen molar-refractivity contribution < 1.29 is 4.39 Å². The van der Waals surface area contributed by atoms with Crippen LogP contribution in [0, 0.1) is 17.7 Å². The number of halogens is 1. The van der Waals surface area contributed by atoms with Crippen LogP contribution in [0.25, 0.3) is 0 Å². The zero-order chi connectivity index (χ0) is 15.1. The Kier molecular flexibility index (Phi) is 6.69. The fraction of sp³-hybridized carbons (Fsp3) is 0.684. The van der Waals surface area contributed by atoms with Crippen LogP contribution in [0.4, 0.5) is 4.39 Å². The number of likely N-dealkylation sites (N-methyl/N-ethyl adjacent to an activating group) is 1. The highest BCUT2D eigenvalue weighted by molar-refractivity contribution is 5.17. The highest BCUT2D eigenvalue weighted by atomic mass is 19.1. The van der Waals surface area contributed by atoms with Crippen LogP contribution in [0.15, 0.2) is 24.3 Å². The maximum atomic E-state index is 13.0. The fourth-order valence-electron chi connectivity index (χ4n) is 3.83. The van der Waals surface area contributed by atoms with Gasteiger partial charge in [-0.25, -0.2) is 4.39 Å². The molecule has 1 aliphatic carbocycles. The van der Waals surface area contributed by atoms with Crippen molar-refractivity contribution >= 4 is 0 Å². The summed E-state index contributed by atoms with van der Waals surface area (Å²) in [5, 5.41) is 3.67. The monoisotopic (exact) mass is 291 g/mol. The summed E-state index contributed by atoms with van der Waals surface area (Å²) in [4.78, 5) is 0. The van der Waals surface area contributed by atoms with E-state index < -0.39 is 0 Å². The van der Waals surface area contributed by atoms with E-state index >= 15 is 0 Å². The number of hydrogen-bond acceptors (Lipinski definition) is 1. The standard InChI is InChI=1S/C19H30FN/c1-3-5-15-6-10-17(11-7-15)19(21-4-2)14-16-8-12-18(20)13-9-16/h8-9,12-13,15,17,19,21H,3-7,10-11,14H2,1-2H3. The van der Waals surface area contributed by atoms with Gasteiger partial charge in [0.2, 0.25) is 0 Å². The predicted molar refractivity (Wildman–Crippen MR) is 87.9 cm³/mol. The topological polar surface area (TPSA) is 12.0 Å². The first-order chi connectivity index (χ1) is 10.2. The molecule has 1 aliphatic rings. The smallest absolute Gasteiger partial charge is 0.123 e. The summed E-state index contributed by atoms with van der Waals surface area (Å²) in [6, 6.07) is 7.57. The molecule has 1 nitrogen and oxygen atoms in total. The Morgan fingerprint density at radius 2 is 1.76 bits per heavy atom. The van der Waals surface area contributed by atoms with E-state index in [1.807, 2.05) is 12.1 Å². The molecule has 1 aromatic rings. The van der Waals surface area contributed by atoms with E-state index in [0.29, 0.717) is 6.04 Å². The average molecular weight is 291 g/mol. The highest BCUT2D eigenvalue weighted by Crippen LogP contribution is 2.34. The Morgan fingerprint density at radius 3 is 2.33 bits per heavy atom. The van der Waals surface area contributed by atoms with E-state index in [1.54, 1.807) is 12.1 Å². The lowest BCUT2D eigenvalue weighted by atomic mass is 9.76. The van der Waals surface area contributed by atoms with Crippen molar-refractivity contribution in [1.29, 1.82) is 0 Å². The third-order valence-corrected chi connectivity index (χ3v) is 4.99. The predicted octanol–water partition coefficient (Wildman–Crippen LogP) is 4.95. The lowest BCUT2D eigenvalue weighted by Gasteiger charge is -2.34. The Labute approximate surface area is 129 Å². The summed E-state index contributed by atoms with van der Waals surface area (Å²) in [7, 11) is 0. The second-order valence-electron chi connectivity index (χ2n) is 6.56. The number of hydrogen-bond donors (Lipinski definition) is 1. The molecule has 21 heavy (non-hydrogen) atoms. The average Bonchev–Trinajstić information content (AvgIpc) is 2.50. The van der Waals surface area contributed by atoms with Crippen molar-refractivity contribution in [2.45, 2.75) is 64.8 Å². The van der Waals surface area contributed by atoms with Crippen molar-refractivity contribution in [3.63, 3.8) is 0 Å². The molecule has 1 saturated carbocycles. The number of benzene rings is 1. The minimum absolute atomic E-state index is 0.140. The van der Waals surface area contributed by atoms with Gasteiger partial charge in [0.15, 0.2) is 0 Å². The van der Waals surface area contributed by atoms with Gasteiger partial charge in [-0.2, -0.15) is 0 Å². The second-order valence-corrected chi connectivity index (χ2v) is 6.56. The minimum atomic E-state index is -0.140. The molecule has 1 unspecified atom stereocenters. The van der Waals surface area contributed by atoms with E-state index in [0.717, 1.165) is 24.8 Å². The molecule has 0 bridgehead atoms. The molecular formula is C19H30FN. The molecule has 1 N–H and O–H groups in total. The summed E-state index contributed by atoms with van der Waals surface area (Å²) >= 11 is 0. The normalized spacial score (nSPS) is 24.0. The molecule has 0 aliphatic heterocycles. The molecule has 0 radical (unpaired) electrons. The summed E-state index contributed by atoms with van der Waals surface area (Å²) in [6.45, 7) is 5.49. The van der Waals surface area contributed by atoms with Crippen LogP contribution < -0.4 is 5.32 Å². The van der Waals surface area contributed by atoms with Gasteiger partial charge < -0.3 is 5.32 Å². The molecule has 0 spiro atoms. The molecule has 0 saturated heterocycles. The minimum Gasteiger partial charge on any atom is -0.314 e. The van der Waals surface area contributed by atoms with Crippen molar-refractivity contribution in [1.82, 2.24) is 5.32 Å². The fourth-order valence-corrected chi connectivity index (χ4v) is 3.83. The van der Waals surface area contributed by atoms with Crippen molar-refractivity contribution in [3.05, 3.63) is 35.6 Å². The number of nitrogens with one attached hydrogen (secondary N) is 1. The first-order valence-corrected chi connectivity index (χ1v) is 8.70. The molecule has 118 valence electrons. The van der Waals surface area contributed by atoms with E-state index in [1.165, 1.54) is 44.1 Å². The maximum Gasteiger partial charge on any atom is 0.123 e. The van der Waals surface area contributed by atoms with E-state index in [-0.39, 0.29) is 5.82 Å². The van der Waals surface area contributed by atoms with E-state index in [2.05, 4.69) is 19.2 Å². The van der Waals surface area contributed by atoms with Crippen LogP contribution in [0.2, 0.25) is 0 Å². The molecule has 1 fully saturated rings. The van der Waals surface area contributed by atoms with Crippen molar-refractivity contribution in [2.75, 3.05) is 6.54 Å². The van der Waals surface area contributed by atoms with Crippen LogP contribution in [0.1, 0.15) is 57.9 Å². The molecular weight excluding hydrogens is 261 g/mol. The van der Waals surface area contributed by atoms with Crippen molar-refractivity contribution in [3.8, 4) is 0 Å². The Hall–Kier alpha value is -0.890. The van der Waals surface area contributed by atoms with Gasteiger partial charge in [0.1, 0.15) is 5.82 Å². The highest BCUT2D eigenvalue weighted by Gasteiger charge is 2.26. The van der Waals surface area contributed by atoms with Gasteiger partial charge in [-0.1, -0.05) is 51.7 Å². The number of rotatable bonds is 7. The lowest BCUT2D eigenvalue weighted by Crippen LogP contribution is -2.39. The zero-order valence-electron chi connectivity index (χ0n) is 13.6. The van der Waals surface area contributed by atoms with Crippen LogP contribution >= 0.6 is 0 Å². The van der Waals surface area contributed by atoms with Gasteiger partial charge in [0.25, 0.3) is 0 Å². The Morgan fingerprint density at radius 1 is 1.10 bits per heavy atom. The third-order valence-electron chi connectivity index (χ3n) is 4.99. The molecule has 2 rings (SSSR count). The quantitative estimate of drug-likeness (QED) is 0.749. The van der Waals surface area contributed by atoms with Gasteiger partial charge >= 0.3 is 0 Å². The SMILES string of the molecule is CCCC1CCC(C(Cc2ccc(F)cc2)NCC)CC1. The van der Waals surface area contributed by atoms with Crippen LogP contribution in [-0.2, 0) is 6.42 Å². The summed E-state index contributed by atoms with van der Waals surface area (Å²) in [6.07, 6.45) is 9.23. The summed E-state index contributed by atoms with van der Waals surface area (Å²) in [5.74, 6) is 1.60. The molecule has 0 aromatic heterocycles. The van der Waals surface area contributed by atoms with Gasteiger partial charge in [-0.15, -0.1) is 0 Å². The van der Waals surface area contributed by atoms with Crippen LogP contribution in [-0.4, -0.2) is 12.6 Å². The summed E-state index contributed by atoms with van der Waals surface area (Å²) in [5.41, 5.74) is 1.25. The van der Waals surface area contributed by atoms with Gasteiger partial charge in [-0.05, 0) is 55.3 Å². The first kappa shape index (κ1) is 16.5. The van der Waals surface area contributed by atoms with Gasteiger partial charge in [0.05, 0.1) is 0 Å². The molecule has 0 amide bonds. The third kappa shape index (κ3) is 5.10. The summed E-state index contributed by atoms with van der Waals surface area (Å²) < 4.78 is 13.0. The molecule has 1 aromatic carbocycles. The lowest BCUT2D eigenvalue weighted by molar-refractivity contribution is 0.213. The largest absolute Gasteiger partial charge is 0.314 e. The van der Waals surface area contributed by atoms with E-state index in [9.17, 15) is 4.39 Å².